The smallest absolute Gasteiger partial charge is 0.216 e. The van der Waals surface area contributed by atoms with Crippen LogP contribution >= 0.6 is 12.2 Å². The summed E-state index contributed by atoms with van der Waals surface area (Å²) in [6.45, 7) is 0. The molecule has 0 aromatic rings. The zero-order valence-corrected chi connectivity index (χ0v) is 8.27. The molecular weight excluding hydrogens is 212 g/mol. The highest BCUT2D eigenvalue weighted by molar-refractivity contribution is 7.91. The number of hydrogen-bond donors (Lipinski definition) is 1. The lowest BCUT2D eigenvalue weighted by Gasteiger charge is -2.13. The van der Waals surface area contributed by atoms with Gasteiger partial charge in [-0.05, 0) is 12.2 Å². The molecule has 1 amide bonds. The van der Waals surface area contributed by atoms with Crippen LogP contribution in [0.2, 0.25) is 0 Å². The Morgan fingerprint density at radius 3 is 2.85 bits per heavy atom. The van der Waals surface area contributed by atoms with E-state index >= 15 is 0 Å². The number of thiocarbonyl (C=S) groups is 1. The van der Waals surface area contributed by atoms with E-state index < -0.39 is 9.84 Å². The molecule has 2 rings (SSSR count). The van der Waals surface area contributed by atoms with Crippen molar-refractivity contribution in [1.82, 2.24) is 10.2 Å². The van der Waals surface area contributed by atoms with E-state index in [4.69, 9.17) is 12.2 Å². The summed E-state index contributed by atoms with van der Waals surface area (Å²) in [6.07, 6.45) is 0.584. The fraction of sp³-hybridized carbons (Fsp3) is 0.667. The predicted molar refractivity (Wildman–Crippen MR) is 49.9 cm³/mol. The summed E-state index contributed by atoms with van der Waals surface area (Å²) in [5.74, 6) is 0.0890. The largest absolute Gasteiger partial charge is 0.356 e. The lowest BCUT2D eigenvalue weighted by Crippen LogP contribution is -2.35. The van der Waals surface area contributed by atoms with Gasteiger partial charge >= 0.3 is 0 Å². The first-order valence-electron chi connectivity index (χ1n) is 3.78. The third-order valence-electron chi connectivity index (χ3n) is 2.34. The Balaban J connectivity index is 2.29. The molecule has 2 saturated heterocycles. The van der Waals surface area contributed by atoms with Gasteiger partial charge in [-0.15, -0.1) is 0 Å². The van der Waals surface area contributed by atoms with Crippen molar-refractivity contribution in [3.8, 4) is 0 Å². The van der Waals surface area contributed by atoms with Gasteiger partial charge in [0.1, 0.15) is 0 Å². The molecule has 1 N–H and O–H groups in total. The van der Waals surface area contributed by atoms with Crippen LogP contribution in [0.3, 0.4) is 0 Å². The van der Waals surface area contributed by atoms with E-state index in [0.717, 1.165) is 0 Å². The summed E-state index contributed by atoms with van der Waals surface area (Å²) in [5, 5.41) is 3.15. The van der Waals surface area contributed by atoms with E-state index in [1.807, 2.05) is 0 Å². The van der Waals surface area contributed by atoms with Crippen LogP contribution in [-0.4, -0.2) is 48.4 Å². The fourth-order valence-electron chi connectivity index (χ4n) is 1.75. The second-order valence-electron chi connectivity index (χ2n) is 3.21. The van der Waals surface area contributed by atoms with Gasteiger partial charge in [0.15, 0.2) is 14.9 Å². The molecular formula is C6H8N2O3S2. The van der Waals surface area contributed by atoms with Crippen molar-refractivity contribution in [3.05, 3.63) is 0 Å². The van der Waals surface area contributed by atoms with Gasteiger partial charge in [-0.2, -0.15) is 0 Å². The first kappa shape index (κ1) is 8.89. The van der Waals surface area contributed by atoms with Crippen LogP contribution in [-0.2, 0) is 14.6 Å². The van der Waals surface area contributed by atoms with E-state index in [2.05, 4.69) is 5.32 Å². The van der Waals surface area contributed by atoms with Gasteiger partial charge in [0.05, 0.1) is 23.6 Å². The molecule has 0 saturated carbocycles. The third kappa shape index (κ3) is 1.31. The SMILES string of the molecule is O=CN1C(=S)N[C@@H]2CS(=O)(=O)C[C@@H]21. The first-order chi connectivity index (χ1) is 6.03. The standard InChI is InChI=1S/C6H8N2O3S2/c9-3-8-5-2-13(10,11)1-4(5)7-6(8)12/h3-5H,1-2H2,(H,7,12)/t4-,5+/m1/s1. The Bertz CT molecular complexity index is 364. The molecule has 0 unspecified atom stereocenters. The highest BCUT2D eigenvalue weighted by atomic mass is 32.2. The Kier molecular flexibility index (Phi) is 1.81. The normalized spacial score (nSPS) is 35.7. The van der Waals surface area contributed by atoms with Crippen molar-refractivity contribution in [3.63, 3.8) is 0 Å². The van der Waals surface area contributed by atoms with Crippen molar-refractivity contribution in [2.45, 2.75) is 12.1 Å². The van der Waals surface area contributed by atoms with Gasteiger partial charge in [0, 0.05) is 0 Å². The number of sulfone groups is 1. The van der Waals surface area contributed by atoms with Gasteiger partial charge in [0.2, 0.25) is 6.41 Å². The number of carbonyl (C=O) groups is 1. The summed E-state index contributed by atoms with van der Waals surface area (Å²) in [4.78, 5) is 11.9. The van der Waals surface area contributed by atoms with Crippen molar-refractivity contribution in [2.24, 2.45) is 0 Å². The van der Waals surface area contributed by atoms with Crippen LogP contribution in [0.25, 0.3) is 0 Å². The number of fused-ring (bicyclic) bond motifs is 1. The van der Waals surface area contributed by atoms with Crippen LogP contribution in [0.5, 0.6) is 0 Å². The minimum atomic E-state index is -2.99. The molecule has 0 spiro atoms. The molecule has 0 aliphatic carbocycles. The van der Waals surface area contributed by atoms with Crippen LogP contribution in [0.4, 0.5) is 0 Å². The summed E-state index contributed by atoms with van der Waals surface area (Å²) >= 11 is 4.86. The van der Waals surface area contributed by atoms with E-state index in [1.165, 1.54) is 4.90 Å². The average molecular weight is 220 g/mol. The predicted octanol–water partition coefficient (Wildman–Crippen LogP) is -1.50. The topological polar surface area (TPSA) is 66.5 Å². The van der Waals surface area contributed by atoms with E-state index in [9.17, 15) is 13.2 Å². The number of nitrogens with zero attached hydrogens (tertiary/aromatic N) is 1. The summed E-state index contributed by atoms with van der Waals surface area (Å²) in [5.41, 5.74) is 0. The van der Waals surface area contributed by atoms with Gasteiger partial charge in [-0.3, -0.25) is 9.69 Å². The Labute approximate surface area is 81.0 Å². The molecule has 7 heteroatoms. The van der Waals surface area contributed by atoms with Crippen LogP contribution in [0.1, 0.15) is 0 Å². The van der Waals surface area contributed by atoms with E-state index in [1.54, 1.807) is 0 Å². The molecule has 2 atom stereocenters. The highest BCUT2D eigenvalue weighted by Gasteiger charge is 2.47. The zero-order chi connectivity index (χ0) is 9.64. The second kappa shape index (κ2) is 2.65. The summed E-state index contributed by atoms with van der Waals surface area (Å²) < 4.78 is 22.4. The molecule has 5 nitrogen and oxygen atoms in total. The molecule has 2 aliphatic heterocycles. The molecule has 0 aromatic carbocycles. The van der Waals surface area contributed by atoms with Crippen LogP contribution in [0.15, 0.2) is 0 Å². The fourth-order valence-corrected chi connectivity index (χ4v) is 3.98. The highest BCUT2D eigenvalue weighted by Crippen LogP contribution is 2.22. The maximum atomic E-state index is 11.2. The van der Waals surface area contributed by atoms with Gasteiger partial charge in [-0.25, -0.2) is 8.42 Å². The van der Waals surface area contributed by atoms with Crippen LogP contribution in [0, 0.1) is 0 Å². The first-order valence-corrected chi connectivity index (χ1v) is 6.01. The Hall–Kier alpha value is -0.690. The summed E-state index contributed by atoms with van der Waals surface area (Å²) in [7, 11) is -2.99. The maximum Gasteiger partial charge on any atom is 0.216 e. The number of carbonyl (C=O) groups excluding carboxylic acids is 1. The van der Waals surface area contributed by atoms with Gasteiger partial charge in [-0.1, -0.05) is 0 Å². The Morgan fingerprint density at radius 2 is 2.23 bits per heavy atom. The lowest BCUT2D eigenvalue weighted by atomic mass is 10.2. The van der Waals surface area contributed by atoms with Crippen LogP contribution < -0.4 is 5.32 Å². The number of amides is 1. The van der Waals surface area contributed by atoms with Crippen molar-refractivity contribution in [1.29, 1.82) is 0 Å². The zero-order valence-electron chi connectivity index (χ0n) is 6.63. The number of rotatable bonds is 1. The molecule has 2 fully saturated rings. The molecule has 0 radical (unpaired) electrons. The molecule has 72 valence electrons. The molecule has 2 heterocycles. The Morgan fingerprint density at radius 1 is 1.54 bits per heavy atom. The van der Waals surface area contributed by atoms with E-state index in [-0.39, 0.29) is 23.6 Å². The average Bonchev–Trinajstić information content (AvgIpc) is 2.39. The second-order valence-corrected chi connectivity index (χ2v) is 5.75. The number of nitrogens with one attached hydrogen (secondary N) is 1. The third-order valence-corrected chi connectivity index (χ3v) is 4.38. The van der Waals surface area contributed by atoms with E-state index in [0.29, 0.717) is 11.5 Å². The van der Waals surface area contributed by atoms with Crippen molar-refractivity contribution in [2.75, 3.05) is 11.5 Å². The van der Waals surface area contributed by atoms with Gasteiger partial charge in [0.25, 0.3) is 0 Å². The molecule has 13 heavy (non-hydrogen) atoms. The van der Waals surface area contributed by atoms with Crippen molar-refractivity contribution < 1.29 is 13.2 Å². The number of hydrogen-bond acceptors (Lipinski definition) is 4. The monoisotopic (exact) mass is 220 g/mol. The van der Waals surface area contributed by atoms with Gasteiger partial charge < -0.3 is 5.32 Å². The summed E-state index contributed by atoms with van der Waals surface area (Å²) in [6, 6.07) is -0.502. The molecule has 2 aliphatic rings. The quantitative estimate of drug-likeness (QED) is 0.430. The van der Waals surface area contributed by atoms with Crippen molar-refractivity contribution >= 4 is 33.6 Å². The minimum Gasteiger partial charge on any atom is -0.356 e. The molecule has 0 aromatic heterocycles. The maximum absolute atomic E-state index is 11.2. The molecule has 0 bridgehead atoms. The lowest BCUT2D eigenvalue weighted by molar-refractivity contribution is -0.115. The minimum absolute atomic E-state index is 0.0174.